The maximum atomic E-state index is 5.48. The third-order valence-electron chi connectivity index (χ3n) is 3.31. The van der Waals surface area contributed by atoms with Crippen molar-refractivity contribution >= 4 is 15.9 Å². The Morgan fingerprint density at radius 3 is 2.79 bits per heavy atom. The van der Waals surface area contributed by atoms with Gasteiger partial charge in [-0.3, -0.25) is 0 Å². The number of halogens is 1. The van der Waals surface area contributed by atoms with E-state index in [2.05, 4.69) is 53.3 Å². The second kappa shape index (κ2) is 6.92. The second-order valence-corrected chi connectivity index (χ2v) is 5.60. The van der Waals surface area contributed by atoms with Gasteiger partial charge in [0.05, 0.1) is 6.26 Å². The molecule has 2 nitrogen and oxygen atoms in total. The molecule has 0 amide bonds. The Hall–Kier alpha value is -1.06. The van der Waals surface area contributed by atoms with Gasteiger partial charge in [-0.15, -0.1) is 0 Å². The minimum absolute atomic E-state index is 0.295. The Morgan fingerprint density at radius 1 is 1.26 bits per heavy atom. The molecule has 0 spiro atoms. The van der Waals surface area contributed by atoms with Crippen LogP contribution in [0.5, 0.6) is 0 Å². The van der Waals surface area contributed by atoms with Crippen LogP contribution >= 0.6 is 15.9 Å². The number of benzene rings is 1. The first-order valence-corrected chi connectivity index (χ1v) is 7.52. The molecule has 1 heterocycles. The Bertz CT molecular complexity index is 507. The van der Waals surface area contributed by atoms with Crippen LogP contribution in [0.2, 0.25) is 0 Å². The van der Waals surface area contributed by atoms with Crippen LogP contribution < -0.4 is 5.32 Å². The third kappa shape index (κ3) is 3.71. The first kappa shape index (κ1) is 14.4. The molecule has 0 bridgehead atoms. The minimum Gasteiger partial charge on any atom is -0.469 e. The summed E-state index contributed by atoms with van der Waals surface area (Å²) in [7, 11) is 0. The zero-order chi connectivity index (χ0) is 13.7. The van der Waals surface area contributed by atoms with E-state index < -0.39 is 0 Å². The quantitative estimate of drug-likeness (QED) is 0.838. The predicted octanol–water partition coefficient (Wildman–Crippen LogP) is 4.63. The monoisotopic (exact) mass is 321 g/mol. The van der Waals surface area contributed by atoms with Gasteiger partial charge in [0.2, 0.25) is 0 Å². The van der Waals surface area contributed by atoms with Crippen LogP contribution in [0.25, 0.3) is 0 Å². The summed E-state index contributed by atoms with van der Waals surface area (Å²) in [6.45, 7) is 5.35. The summed E-state index contributed by atoms with van der Waals surface area (Å²) < 4.78 is 6.64. The second-order valence-electron chi connectivity index (χ2n) is 4.74. The normalized spacial score (nSPS) is 12.6. The van der Waals surface area contributed by atoms with Crippen molar-refractivity contribution in [3.63, 3.8) is 0 Å². The van der Waals surface area contributed by atoms with Crippen molar-refractivity contribution in [1.82, 2.24) is 5.32 Å². The number of rotatable bonds is 6. The van der Waals surface area contributed by atoms with E-state index >= 15 is 0 Å². The number of nitrogens with one attached hydrogen (secondary N) is 1. The molecule has 1 aromatic carbocycles. The van der Waals surface area contributed by atoms with Crippen molar-refractivity contribution in [3.8, 4) is 0 Å². The van der Waals surface area contributed by atoms with Crippen LogP contribution in [-0.4, -0.2) is 6.54 Å². The van der Waals surface area contributed by atoms with E-state index in [-0.39, 0.29) is 0 Å². The summed E-state index contributed by atoms with van der Waals surface area (Å²) in [6, 6.07) is 10.6. The highest BCUT2D eigenvalue weighted by molar-refractivity contribution is 9.10. The summed E-state index contributed by atoms with van der Waals surface area (Å²) in [5.41, 5.74) is 2.63. The molecule has 19 heavy (non-hydrogen) atoms. The smallest absolute Gasteiger partial charge is 0.105 e. The molecule has 102 valence electrons. The molecule has 1 unspecified atom stereocenters. The Morgan fingerprint density at radius 2 is 2.11 bits per heavy atom. The predicted molar refractivity (Wildman–Crippen MR) is 82.3 cm³/mol. The maximum Gasteiger partial charge on any atom is 0.105 e. The van der Waals surface area contributed by atoms with Crippen molar-refractivity contribution in [1.29, 1.82) is 0 Å². The van der Waals surface area contributed by atoms with E-state index in [1.807, 2.05) is 12.1 Å². The first-order chi connectivity index (χ1) is 9.22. The summed E-state index contributed by atoms with van der Waals surface area (Å²) >= 11 is 3.61. The fourth-order valence-corrected chi connectivity index (χ4v) is 2.62. The van der Waals surface area contributed by atoms with Gasteiger partial charge in [0.25, 0.3) is 0 Å². The van der Waals surface area contributed by atoms with E-state index in [1.165, 1.54) is 11.1 Å². The summed E-state index contributed by atoms with van der Waals surface area (Å²) in [5, 5.41) is 3.61. The molecule has 0 saturated heterocycles. The van der Waals surface area contributed by atoms with Crippen LogP contribution in [0.4, 0.5) is 0 Å². The Balaban J connectivity index is 2.23. The van der Waals surface area contributed by atoms with Gasteiger partial charge in [0, 0.05) is 16.9 Å². The zero-order valence-electron chi connectivity index (χ0n) is 11.4. The molecule has 0 aliphatic heterocycles. The molecule has 0 fully saturated rings. The SMILES string of the molecule is CCCNC(Cc1ccco1)c1cccc(Br)c1C. The van der Waals surface area contributed by atoms with Gasteiger partial charge in [0.15, 0.2) is 0 Å². The maximum absolute atomic E-state index is 5.48. The molecule has 2 rings (SSSR count). The minimum atomic E-state index is 0.295. The van der Waals surface area contributed by atoms with Crippen LogP contribution in [0.1, 0.15) is 36.3 Å². The van der Waals surface area contributed by atoms with Crippen LogP contribution in [0.15, 0.2) is 45.5 Å². The molecular weight excluding hydrogens is 302 g/mol. The lowest BCUT2D eigenvalue weighted by Crippen LogP contribution is -2.24. The molecule has 1 N–H and O–H groups in total. The van der Waals surface area contributed by atoms with Crippen LogP contribution in [0.3, 0.4) is 0 Å². The third-order valence-corrected chi connectivity index (χ3v) is 4.17. The Kier molecular flexibility index (Phi) is 5.23. The molecule has 1 aromatic heterocycles. The van der Waals surface area contributed by atoms with Crippen molar-refractivity contribution in [2.75, 3.05) is 6.54 Å². The Labute approximate surface area is 123 Å². The molecular formula is C16H20BrNO. The van der Waals surface area contributed by atoms with Crippen molar-refractivity contribution < 1.29 is 4.42 Å². The average molecular weight is 322 g/mol. The highest BCUT2D eigenvalue weighted by atomic mass is 79.9. The molecule has 0 aliphatic rings. The molecule has 0 aliphatic carbocycles. The van der Waals surface area contributed by atoms with Gasteiger partial charge in [-0.25, -0.2) is 0 Å². The van der Waals surface area contributed by atoms with Crippen molar-refractivity contribution in [3.05, 3.63) is 58.0 Å². The van der Waals surface area contributed by atoms with Gasteiger partial charge in [-0.05, 0) is 49.2 Å². The topological polar surface area (TPSA) is 25.2 Å². The average Bonchev–Trinajstić information content (AvgIpc) is 2.91. The lowest BCUT2D eigenvalue weighted by molar-refractivity contribution is 0.448. The van der Waals surface area contributed by atoms with E-state index in [9.17, 15) is 0 Å². The standard InChI is InChI=1S/C16H20BrNO/c1-3-9-18-16(11-13-6-5-10-19-13)14-7-4-8-15(17)12(14)2/h4-8,10,16,18H,3,9,11H2,1-2H3. The number of hydrogen-bond donors (Lipinski definition) is 1. The van der Waals surface area contributed by atoms with Crippen LogP contribution in [-0.2, 0) is 6.42 Å². The van der Waals surface area contributed by atoms with Gasteiger partial charge in [-0.1, -0.05) is 35.0 Å². The summed E-state index contributed by atoms with van der Waals surface area (Å²) in [6.07, 6.45) is 3.74. The highest BCUT2D eigenvalue weighted by Gasteiger charge is 2.16. The first-order valence-electron chi connectivity index (χ1n) is 6.73. The lowest BCUT2D eigenvalue weighted by atomic mass is 9.97. The number of furan rings is 1. The molecule has 0 saturated carbocycles. The lowest BCUT2D eigenvalue weighted by Gasteiger charge is -2.20. The summed E-state index contributed by atoms with van der Waals surface area (Å²) in [5.74, 6) is 1.02. The van der Waals surface area contributed by atoms with E-state index in [0.717, 1.165) is 29.6 Å². The molecule has 1 atom stereocenters. The van der Waals surface area contributed by atoms with Gasteiger partial charge in [0.1, 0.15) is 5.76 Å². The summed E-state index contributed by atoms with van der Waals surface area (Å²) in [4.78, 5) is 0. The zero-order valence-corrected chi connectivity index (χ0v) is 13.0. The van der Waals surface area contributed by atoms with Crippen LogP contribution in [0, 0.1) is 6.92 Å². The van der Waals surface area contributed by atoms with Crippen molar-refractivity contribution in [2.24, 2.45) is 0 Å². The molecule has 2 aromatic rings. The van der Waals surface area contributed by atoms with Gasteiger partial charge < -0.3 is 9.73 Å². The highest BCUT2D eigenvalue weighted by Crippen LogP contribution is 2.27. The van der Waals surface area contributed by atoms with E-state index in [4.69, 9.17) is 4.42 Å². The van der Waals surface area contributed by atoms with E-state index in [0.29, 0.717) is 6.04 Å². The number of hydrogen-bond acceptors (Lipinski definition) is 2. The molecule has 0 radical (unpaired) electrons. The largest absolute Gasteiger partial charge is 0.469 e. The van der Waals surface area contributed by atoms with Gasteiger partial charge in [-0.2, -0.15) is 0 Å². The van der Waals surface area contributed by atoms with Crippen molar-refractivity contribution in [2.45, 2.75) is 32.7 Å². The van der Waals surface area contributed by atoms with Gasteiger partial charge >= 0.3 is 0 Å². The fourth-order valence-electron chi connectivity index (χ4n) is 2.24. The van der Waals surface area contributed by atoms with E-state index in [1.54, 1.807) is 6.26 Å². The molecule has 3 heteroatoms. The fraction of sp³-hybridized carbons (Fsp3) is 0.375.